The largest absolute Gasteiger partial charge is 0.388 e. The summed E-state index contributed by atoms with van der Waals surface area (Å²) in [5.41, 5.74) is 5.43. The van der Waals surface area contributed by atoms with Crippen molar-refractivity contribution in [3.05, 3.63) is 5.82 Å². The lowest BCUT2D eigenvalue weighted by molar-refractivity contribution is 0.611. The van der Waals surface area contributed by atoms with E-state index in [1.165, 1.54) is 11.5 Å². The van der Waals surface area contributed by atoms with Crippen molar-refractivity contribution in [1.29, 1.82) is 5.41 Å². The van der Waals surface area contributed by atoms with E-state index in [1.807, 2.05) is 0 Å². The molecule has 0 saturated heterocycles. The van der Waals surface area contributed by atoms with Crippen molar-refractivity contribution in [3.63, 3.8) is 0 Å². The normalized spacial score (nSPS) is 10.9. The molecule has 0 radical (unpaired) electrons. The second-order valence-corrected chi connectivity index (χ2v) is 5.59. The van der Waals surface area contributed by atoms with Crippen LogP contribution in [0.2, 0.25) is 0 Å². The summed E-state index contributed by atoms with van der Waals surface area (Å²) in [6.45, 7) is 8.15. The smallest absolute Gasteiger partial charge is 0.205 e. The van der Waals surface area contributed by atoms with Crippen LogP contribution in [0.15, 0.2) is 0 Å². The number of hydrogen-bond acceptors (Lipinski definition) is 5. The first kappa shape index (κ1) is 14.9. The zero-order chi connectivity index (χ0) is 13.5. The molecule has 0 fully saturated rings. The Kier molecular flexibility index (Phi) is 6.04. The van der Waals surface area contributed by atoms with Gasteiger partial charge in [0.2, 0.25) is 5.13 Å². The molecule has 0 aliphatic rings. The van der Waals surface area contributed by atoms with E-state index >= 15 is 0 Å². The SMILES string of the molecule is CCCc1nsc(N(CCC(=N)N)CC(C)C)n1. The fourth-order valence-corrected chi connectivity index (χ4v) is 2.41. The molecule has 0 atom stereocenters. The molecule has 0 unspecified atom stereocenters. The third-order valence-electron chi connectivity index (χ3n) is 2.44. The number of aromatic nitrogens is 2. The first-order chi connectivity index (χ1) is 8.52. The number of nitrogens with zero attached hydrogens (tertiary/aromatic N) is 3. The second-order valence-electron chi connectivity index (χ2n) is 4.86. The van der Waals surface area contributed by atoms with E-state index in [4.69, 9.17) is 11.1 Å². The van der Waals surface area contributed by atoms with Crippen LogP contribution in [0.5, 0.6) is 0 Å². The predicted molar refractivity (Wildman–Crippen MR) is 77.5 cm³/mol. The van der Waals surface area contributed by atoms with Crippen LogP contribution in [0.4, 0.5) is 5.13 Å². The first-order valence-corrected chi connectivity index (χ1v) is 7.20. The topological polar surface area (TPSA) is 78.9 Å². The molecule has 0 aliphatic carbocycles. The maximum Gasteiger partial charge on any atom is 0.205 e. The molecule has 3 N–H and O–H groups in total. The van der Waals surface area contributed by atoms with Gasteiger partial charge in [0.25, 0.3) is 0 Å². The highest BCUT2D eigenvalue weighted by atomic mass is 32.1. The first-order valence-electron chi connectivity index (χ1n) is 6.43. The molecule has 1 aromatic rings. The van der Waals surface area contributed by atoms with Gasteiger partial charge in [-0.3, -0.25) is 5.41 Å². The van der Waals surface area contributed by atoms with E-state index in [9.17, 15) is 0 Å². The van der Waals surface area contributed by atoms with Crippen LogP contribution >= 0.6 is 11.5 Å². The average molecular weight is 269 g/mol. The summed E-state index contributed by atoms with van der Waals surface area (Å²) in [6.07, 6.45) is 2.57. The van der Waals surface area contributed by atoms with Crippen LogP contribution in [0, 0.1) is 11.3 Å². The molecule has 1 aromatic heterocycles. The van der Waals surface area contributed by atoms with Gasteiger partial charge in [-0.25, -0.2) is 4.98 Å². The van der Waals surface area contributed by atoms with Gasteiger partial charge in [0.15, 0.2) is 0 Å². The Morgan fingerprint density at radius 1 is 1.50 bits per heavy atom. The van der Waals surface area contributed by atoms with Gasteiger partial charge in [0.05, 0.1) is 5.84 Å². The maximum atomic E-state index is 7.32. The molecular formula is C12H23N5S. The maximum absolute atomic E-state index is 7.32. The molecule has 0 aromatic carbocycles. The van der Waals surface area contributed by atoms with Gasteiger partial charge in [-0.2, -0.15) is 4.37 Å². The Hall–Kier alpha value is -1.17. The zero-order valence-corrected chi connectivity index (χ0v) is 12.3. The van der Waals surface area contributed by atoms with Crippen molar-refractivity contribution < 1.29 is 0 Å². The second kappa shape index (κ2) is 7.31. The van der Waals surface area contributed by atoms with E-state index in [-0.39, 0.29) is 5.84 Å². The average Bonchev–Trinajstić information content (AvgIpc) is 2.72. The summed E-state index contributed by atoms with van der Waals surface area (Å²) in [7, 11) is 0. The van der Waals surface area contributed by atoms with E-state index in [0.717, 1.165) is 36.9 Å². The number of rotatable bonds is 8. The van der Waals surface area contributed by atoms with Crippen LogP contribution in [-0.4, -0.2) is 28.3 Å². The molecule has 0 bridgehead atoms. The fraction of sp³-hybridized carbons (Fsp3) is 0.750. The van der Waals surface area contributed by atoms with E-state index in [0.29, 0.717) is 12.3 Å². The van der Waals surface area contributed by atoms with Gasteiger partial charge in [-0.05, 0) is 12.3 Å². The number of anilines is 1. The summed E-state index contributed by atoms with van der Waals surface area (Å²) < 4.78 is 4.37. The molecule has 1 rings (SSSR count). The fourth-order valence-electron chi connectivity index (χ4n) is 1.66. The molecule has 6 heteroatoms. The Labute approximate surface area is 113 Å². The van der Waals surface area contributed by atoms with Gasteiger partial charge in [0.1, 0.15) is 5.82 Å². The minimum absolute atomic E-state index is 0.224. The molecule has 18 heavy (non-hydrogen) atoms. The summed E-state index contributed by atoms with van der Waals surface area (Å²) in [4.78, 5) is 6.74. The summed E-state index contributed by atoms with van der Waals surface area (Å²) >= 11 is 1.44. The molecule has 0 spiro atoms. The Balaban J connectivity index is 2.69. The molecular weight excluding hydrogens is 246 g/mol. The molecule has 1 heterocycles. The summed E-state index contributed by atoms with van der Waals surface area (Å²) in [6, 6.07) is 0. The Morgan fingerprint density at radius 3 is 2.78 bits per heavy atom. The zero-order valence-electron chi connectivity index (χ0n) is 11.4. The van der Waals surface area contributed by atoms with Crippen molar-refractivity contribution in [2.75, 3.05) is 18.0 Å². The van der Waals surface area contributed by atoms with Crippen molar-refractivity contribution in [3.8, 4) is 0 Å². The van der Waals surface area contributed by atoms with Crippen LogP contribution in [0.1, 0.15) is 39.4 Å². The van der Waals surface area contributed by atoms with Gasteiger partial charge in [-0.1, -0.05) is 20.8 Å². The minimum atomic E-state index is 0.224. The lowest BCUT2D eigenvalue weighted by Gasteiger charge is -2.23. The van der Waals surface area contributed by atoms with E-state index in [1.54, 1.807) is 0 Å². The Morgan fingerprint density at radius 2 is 2.22 bits per heavy atom. The predicted octanol–water partition coefficient (Wildman–Crippen LogP) is 2.28. The third-order valence-corrected chi connectivity index (χ3v) is 3.25. The minimum Gasteiger partial charge on any atom is -0.388 e. The van der Waals surface area contributed by atoms with E-state index in [2.05, 4.69) is 35.0 Å². The van der Waals surface area contributed by atoms with Gasteiger partial charge >= 0.3 is 0 Å². The quantitative estimate of drug-likeness (QED) is 0.560. The lowest BCUT2D eigenvalue weighted by Crippen LogP contribution is -2.31. The molecule has 5 nitrogen and oxygen atoms in total. The highest BCUT2D eigenvalue weighted by molar-refractivity contribution is 7.09. The van der Waals surface area contributed by atoms with Crippen LogP contribution < -0.4 is 10.6 Å². The van der Waals surface area contributed by atoms with Gasteiger partial charge in [0, 0.05) is 37.5 Å². The number of aryl methyl sites for hydroxylation is 1. The lowest BCUT2D eigenvalue weighted by atomic mass is 10.2. The summed E-state index contributed by atoms with van der Waals surface area (Å²) in [5, 5.41) is 8.27. The van der Waals surface area contributed by atoms with E-state index < -0.39 is 0 Å². The van der Waals surface area contributed by atoms with Gasteiger partial charge < -0.3 is 10.6 Å². The number of amidine groups is 1. The van der Waals surface area contributed by atoms with Crippen molar-refractivity contribution in [2.45, 2.75) is 40.0 Å². The van der Waals surface area contributed by atoms with Crippen LogP contribution in [-0.2, 0) is 6.42 Å². The Bertz CT molecular complexity index is 374. The summed E-state index contributed by atoms with van der Waals surface area (Å²) in [5.74, 6) is 1.70. The van der Waals surface area contributed by atoms with Crippen LogP contribution in [0.25, 0.3) is 0 Å². The highest BCUT2D eigenvalue weighted by Crippen LogP contribution is 2.19. The number of nitrogens with one attached hydrogen (secondary N) is 1. The monoisotopic (exact) mass is 269 g/mol. The number of hydrogen-bond donors (Lipinski definition) is 2. The third kappa shape index (κ3) is 5.00. The standard InChI is InChI=1S/C12H23N5S/c1-4-5-11-15-12(18-16-11)17(8-9(2)3)7-6-10(13)14/h9H,4-8H2,1-3H3,(H3,13,14). The molecule has 0 aliphatic heterocycles. The molecule has 0 saturated carbocycles. The molecule has 102 valence electrons. The number of nitrogens with two attached hydrogens (primary N) is 1. The van der Waals surface area contributed by atoms with Crippen molar-refractivity contribution in [1.82, 2.24) is 9.36 Å². The van der Waals surface area contributed by atoms with Crippen molar-refractivity contribution >= 4 is 22.5 Å². The highest BCUT2D eigenvalue weighted by Gasteiger charge is 2.14. The van der Waals surface area contributed by atoms with Crippen LogP contribution in [0.3, 0.4) is 0 Å². The van der Waals surface area contributed by atoms with Gasteiger partial charge in [-0.15, -0.1) is 0 Å². The van der Waals surface area contributed by atoms with Crippen molar-refractivity contribution in [2.24, 2.45) is 11.7 Å². The molecule has 0 amide bonds.